The van der Waals surface area contributed by atoms with Crippen LogP contribution in [0.4, 0.5) is 0 Å². The molecule has 0 aliphatic heterocycles. The normalized spacial score (nSPS) is 23.5. The summed E-state index contributed by atoms with van der Waals surface area (Å²) >= 11 is 1.82. The van der Waals surface area contributed by atoms with E-state index < -0.39 is 0 Å². The van der Waals surface area contributed by atoms with Crippen LogP contribution in [0.25, 0.3) is 0 Å². The monoisotopic (exact) mass is 375 g/mol. The van der Waals surface area contributed by atoms with Crippen molar-refractivity contribution in [2.45, 2.75) is 34.6 Å². The van der Waals surface area contributed by atoms with E-state index in [0.29, 0.717) is 5.92 Å². The molecule has 0 aromatic heterocycles. The van der Waals surface area contributed by atoms with E-state index in [0.717, 1.165) is 0 Å². The van der Waals surface area contributed by atoms with Gasteiger partial charge in [-0.25, -0.2) is 0 Å². The first kappa shape index (κ1) is 20.4. The summed E-state index contributed by atoms with van der Waals surface area (Å²) in [6.07, 6.45) is 9.14. The van der Waals surface area contributed by atoms with E-state index in [1.165, 1.54) is 29.6 Å². The van der Waals surface area contributed by atoms with Crippen molar-refractivity contribution < 1.29 is 17.3 Å². The molecule has 0 unspecified atom stereocenters. The molecule has 11 radical (unpaired) electrons. The number of halogens is 1. The van der Waals surface area contributed by atoms with Crippen LogP contribution in [0.3, 0.4) is 0 Å². The molecule has 0 amide bonds. The summed E-state index contributed by atoms with van der Waals surface area (Å²) in [6, 6.07) is 2.03. The van der Waals surface area contributed by atoms with Gasteiger partial charge in [0.05, 0.1) is 12.0 Å². The first-order valence-corrected chi connectivity index (χ1v) is 8.51. The average molecular weight is 375 g/mol. The third-order valence-corrected chi connectivity index (χ3v) is 3.72. The SMILES string of the molecule is C[C]1[C](C)[C](C)[C](C)[C]1C.N#C[C]1[CH][CH][CH][CH][CH]1.[Cl][Ru+]. The van der Waals surface area contributed by atoms with Crippen LogP contribution >= 0.6 is 9.69 Å². The molecule has 2 aliphatic rings. The van der Waals surface area contributed by atoms with Crippen LogP contribution in [-0.2, 0) is 17.3 Å². The Bertz CT molecular complexity index is 238. The molecule has 0 atom stereocenters. The fourth-order valence-corrected chi connectivity index (χ4v) is 1.92. The summed E-state index contributed by atoms with van der Waals surface area (Å²) in [5, 5.41) is 8.29. The van der Waals surface area contributed by atoms with Crippen molar-refractivity contribution in [3.8, 4) is 6.07 Å². The van der Waals surface area contributed by atoms with Crippen molar-refractivity contribution >= 4 is 9.69 Å². The van der Waals surface area contributed by atoms with Crippen molar-refractivity contribution in [3.63, 3.8) is 0 Å². The molecule has 3 heteroatoms. The maximum absolute atomic E-state index is 8.29. The van der Waals surface area contributed by atoms with Crippen molar-refractivity contribution in [2.24, 2.45) is 0 Å². The van der Waals surface area contributed by atoms with Crippen LogP contribution in [0.15, 0.2) is 0 Å². The zero-order valence-electron chi connectivity index (χ0n) is 12.6. The van der Waals surface area contributed by atoms with Crippen molar-refractivity contribution in [1.82, 2.24) is 0 Å². The zero-order chi connectivity index (χ0) is 15.7. The minimum absolute atomic E-state index is 0.715. The molecule has 0 heterocycles. The molecule has 0 aromatic carbocycles. The minimum atomic E-state index is 0.715. The van der Waals surface area contributed by atoms with Gasteiger partial charge in [-0.05, 0) is 61.7 Å². The van der Waals surface area contributed by atoms with Gasteiger partial charge in [-0.3, -0.25) is 0 Å². The van der Waals surface area contributed by atoms with Gasteiger partial charge >= 0.3 is 27.0 Å². The average Bonchev–Trinajstić information content (AvgIpc) is 2.69. The van der Waals surface area contributed by atoms with Gasteiger partial charge in [0.1, 0.15) is 0 Å². The molecule has 0 aromatic rings. The Morgan fingerprint density at radius 2 is 1.05 bits per heavy atom. The van der Waals surface area contributed by atoms with Gasteiger partial charge in [-0.1, -0.05) is 34.6 Å². The van der Waals surface area contributed by atoms with E-state index in [-0.39, 0.29) is 0 Å². The second kappa shape index (κ2) is 11.0. The first-order chi connectivity index (χ1) is 9.49. The molecule has 2 rings (SSSR count). The Labute approximate surface area is 140 Å². The molecule has 107 valence electrons. The van der Waals surface area contributed by atoms with E-state index in [9.17, 15) is 0 Å². The topological polar surface area (TPSA) is 23.8 Å². The molecular formula is C17H20ClNRu+. The van der Waals surface area contributed by atoms with E-state index in [4.69, 9.17) is 5.26 Å². The van der Waals surface area contributed by atoms with Crippen LogP contribution in [-0.4, -0.2) is 0 Å². The molecule has 2 fully saturated rings. The Hall–Kier alpha value is 0.403. The molecule has 0 N–H and O–H groups in total. The van der Waals surface area contributed by atoms with Gasteiger partial charge in [0.2, 0.25) is 0 Å². The van der Waals surface area contributed by atoms with Gasteiger partial charge in [-0.15, -0.1) is 0 Å². The number of hydrogen-bond donors (Lipinski definition) is 0. The Balaban J connectivity index is 0.000000327. The van der Waals surface area contributed by atoms with Crippen molar-refractivity contribution in [1.29, 1.82) is 5.26 Å². The maximum atomic E-state index is 8.29. The van der Waals surface area contributed by atoms with E-state index >= 15 is 0 Å². The van der Waals surface area contributed by atoms with E-state index in [1.807, 2.05) is 42.6 Å². The van der Waals surface area contributed by atoms with E-state index in [2.05, 4.69) is 44.3 Å². The Morgan fingerprint density at radius 3 is 1.25 bits per heavy atom. The van der Waals surface area contributed by atoms with Gasteiger partial charge in [0.25, 0.3) is 0 Å². The Morgan fingerprint density at radius 1 is 0.750 bits per heavy atom. The fourth-order valence-electron chi connectivity index (χ4n) is 1.92. The van der Waals surface area contributed by atoms with Crippen molar-refractivity contribution in [3.05, 3.63) is 67.6 Å². The first-order valence-electron chi connectivity index (χ1n) is 6.27. The zero-order valence-corrected chi connectivity index (χ0v) is 15.1. The second-order valence-corrected chi connectivity index (χ2v) is 4.60. The number of hydrogen-bond acceptors (Lipinski definition) is 1. The molecule has 2 saturated carbocycles. The van der Waals surface area contributed by atoms with Gasteiger partial charge in [0.15, 0.2) is 0 Å². The van der Waals surface area contributed by atoms with E-state index in [1.54, 1.807) is 12.8 Å². The van der Waals surface area contributed by atoms with Gasteiger partial charge in [-0.2, -0.15) is 5.26 Å². The number of nitrogens with zero attached hydrogens (tertiary/aromatic N) is 1. The Kier molecular flexibility index (Phi) is 11.3. The van der Waals surface area contributed by atoms with Gasteiger partial charge in [0, 0.05) is 0 Å². The molecule has 0 spiro atoms. The molecule has 0 saturated heterocycles. The summed E-state index contributed by atoms with van der Waals surface area (Å²) in [4.78, 5) is 0. The quantitative estimate of drug-likeness (QED) is 0.560. The molecule has 0 bridgehead atoms. The molecule has 2 aliphatic carbocycles. The predicted molar refractivity (Wildman–Crippen MR) is 80.8 cm³/mol. The third-order valence-electron chi connectivity index (χ3n) is 3.72. The predicted octanol–water partition coefficient (Wildman–Crippen LogP) is 4.78. The third kappa shape index (κ3) is 6.03. The van der Waals surface area contributed by atoms with Crippen LogP contribution < -0.4 is 0 Å². The van der Waals surface area contributed by atoms with Crippen LogP contribution in [0.1, 0.15) is 34.6 Å². The summed E-state index contributed by atoms with van der Waals surface area (Å²) in [5.74, 6) is 8.05. The fraction of sp³-hybridized carbons (Fsp3) is 0.294. The standard InChI is InChI=1S/C10H15.C7H5N.ClH.Ru/c1-6-7(2)9(4)10(5)8(6)3;8-6-7-4-2-1-3-5-7;;/h1-5H3;1-5H;1H;/q;;;+2/p-1. The van der Waals surface area contributed by atoms with Gasteiger partial charge < -0.3 is 0 Å². The van der Waals surface area contributed by atoms with Crippen LogP contribution in [0.2, 0.25) is 0 Å². The van der Waals surface area contributed by atoms with Crippen LogP contribution in [0.5, 0.6) is 0 Å². The summed E-state index contributed by atoms with van der Waals surface area (Å²) in [7, 11) is 4.57. The summed E-state index contributed by atoms with van der Waals surface area (Å²) in [6.45, 7) is 11.0. The van der Waals surface area contributed by atoms with Crippen LogP contribution in [0, 0.1) is 78.9 Å². The second-order valence-electron chi connectivity index (χ2n) is 4.60. The van der Waals surface area contributed by atoms with Crippen molar-refractivity contribution in [2.75, 3.05) is 0 Å². The molecular weight excluding hydrogens is 355 g/mol. The molecule has 1 nitrogen and oxygen atoms in total. The number of rotatable bonds is 0. The number of nitriles is 1. The summed E-state index contributed by atoms with van der Waals surface area (Å²) < 4.78 is 0. The molecule has 20 heavy (non-hydrogen) atoms. The summed E-state index contributed by atoms with van der Waals surface area (Å²) in [5.41, 5.74) is 0.